The van der Waals surface area contributed by atoms with Gasteiger partial charge in [0.25, 0.3) is 0 Å². The van der Waals surface area contributed by atoms with Gasteiger partial charge in [0.05, 0.1) is 5.75 Å². The van der Waals surface area contributed by atoms with E-state index >= 15 is 0 Å². The number of hydrogen-bond acceptors (Lipinski definition) is 5. The number of carbonyl (C=O) groups is 1. The minimum Gasteiger partial charge on any atom is -0.481 e. The van der Waals surface area contributed by atoms with E-state index in [4.69, 9.17) is 5.11 Å². The van der Waals surface area contributed by atoms with Gasteiger partial charge in [0, 0.05) is 18.5 Å². The second-order valence-electron chi connectivity index (χ2n) is 5.10. The molecule has 0 saturated carbocycles. The molecule has 0 aromatic carbocycles. The first-order valence-electron chi connectivity index (χ1n) is 6.27. The molecule has 0 radical (unpaired) electrons. The monoisotopic (exact) mass is 286 g/mol. The summed E-state index contributed by atoms with van der Waals surface area (Å²) in [6.45, 7) is 7.00. The summed E-state index contributed by atoms with van der Waals surface area (Å²) in [5, 5.41) is 17.7. The molecule has 1 aromatic heterocycles. The Morgan fingerprint density at radius 3 is 2.47 bits per heavy atom. The van der Waals surface area contributed by atoms with Crippen molar-refractivity contribution in [2.75, 3.05) is 19.8 Å². The third-order valence-electron chi connectivity index (χ3n) is 2.91. The molecule has 1 unspecified atom stereocenters. The molecule has 0 saturated heterocycles. The van der Waals surface area contributed by atoms with Gasteiger partial charge in [-0.2, -0.15) is 0 Å². The summed E-state index contributed by atoms with van der Waals surface area (Å²) in [5.41, 5.74) is 0. The highest BCUT2D eigenvalue weighted by Crippen LogP contribution is 2.22. The van der Waals surface area contributed by atoms with Gasteiger partial charge in [-0.3, -0.25) is 4.79 Å². The molecule has 1 N–H and O–H groups in total. The van der Waals surface area contributed by atoms with Crippen molar-refractivity contribution in [1.29, 1.82) is 0 Å². The zero-order valence-electron chi connectivity index (χ0n) is 12.1. The standard InChI is InChI=1S/C12H22N4O2S/c1-8(2)11-13-14-12(19-7-10(17)18)16(11)6-9(3)15(4)5/h8-9H,6-7H2,1-5H3,(H,17,18). The van der Waals surface area contributed by atoms with Crippen molar-refractivity contribution < 1.29 is 9.90 Å². The number of aromatic nitrogens is 3. The van der Waals surface area contributed by atoms with E-state index in [-0.39, 0.29) is 11.7 Å². The van der Waals surface area contributed by atoms with Crippen LogP contribution in [0, 0.1) is 0 Å². The van der Waals surface area contributed by atoms with Gasteiger partial charge in [0.1, 0.15) is 5.82 Å². The SMILES string of the molecule is CC(C)c1nnc(SCC(=O)O)n1CC(C)N(C)C. The van der Waals surface area contributed by atoms with Crippen molar-refractivity contribution in [1.82, 2.24) is 19.7 Å². The summed E-state index contributed by atoms with van der Waals surface area (Å²) in [7, 11) is 4.04. The normalized spacial score (nSPS) is 13.2. The Balaban J connectivity index is 2.94. The lowest BCUT2D eigenvalue weighted by molar-refractivity contribution is -0.133. The number of hydrogen-bond donors (Lipinski definition) is 1. The van der Waals surface area contributed by atoms with Crippen LogP contribution in [0.2, 0.25) is 0 Å². The van der Waals surface area contributed by atoms with Crippen LogP contribution >= 0.6 is 11.8 Å². The van der Waals surface area contributed by atoms with Crippen molar-refractivity contribution >= 4 is 17.7 Å². The van der Waals surface area contributed by atoms with Crippen LogP contribution < -0.4 is 0 Å². The maximum atomic E-state index is 10.7. The quantitative estimate of drug-likeness (QED) is 0.766. The van der Waals surface area contributed by atoms with E-state index in [1.165, 1.54) is 11.8 Å². The van der Waals surface area contributed by atoms with E-state index in [1.807, 2.05) is 18.7 Å². The van der Waals surface area contributed by atoms with E-state index in [9.17, 15) is 4.79 Å². The van der Waals surface area contributed by atoms with E-state index in [1.54, 1.807) is 0 Å². The molecule has 0 bridgehead atoms. The van der Waals surface area contributed by atoms with Crippen LogP contribution in [0.5, 0.6) is 0 Å². The number of carboxylic acid groups (broad SMARTS) is 1. The molecule has 6 nitrogen and oxygen atoms in total. The number of likely N-dealkylation sites (N-methyl/N-ethyl adjacent to an activating group) is 1. The largest absolute Gasteiger partial charge is 0.481 e. The van der Waals surface area contributed by atoms with Gasteiger partial charge in [0.2, 0.25) is 0 Å². The van der Waals surface area contributed by atoms with Crippen LogP contribution in [0.15, 0.2) is 5.16 Å². The number of carboxylic acids is 1. The van der Waals surface area contributed by atoms with Crippen LogP contribution in [0.3, 0.4) is 0 Å². The van der Waals surface area contributed by atoms with Crippen LogP contribution in [-0.4, -0.2) is 56.6 Å². The first-order valence-corrected chi connectivity index (χ1v) is 7.25. The summed E-state index contributed by atoms with van der Waals surface area (Å²) in [6, 6.07) is 0.331. The molecule has 0 amide bonds. The van der Waals surface area contributed by atoms with E-state index in [0.717, 1.165) is 12.4 Å². The zero-order chi connectivity index (χ0) is 14.6. The Hall–Kier alpha value is -1.08. The van der Waals surface area contributed by atoms with Gasteiger partial charge in [-0.1, -0.05) is 25.6 Å². The summed E-state index contributed by atoms with van der Waals surface area (Å²) >= 11 is 1.22. The molecule has 0 spiro atoms. The predicted molar refractivity (Wildman–Crippen MR) is 75.6 cm³/mol. The maximum absolute atomic E-state index is 10.7. The lowest BCUT2D eigenvalue weighted by Crippen LogP contribution is -2.30. The highest BCUT2D eigenvalue weighted by Gasteiger charge is 2.18. The van der Waals surface area contributed by atoms with Gasteiger partial charge < -0.3 is 14.6 Å². The summed E-state index contributed by atoms with van der Waals surface area (Å²) in [5.74, 6) is 0.334. The Morgan fingerprint density at radius 2 is 2.00 bits per heavy atom. The molecular weight excluding hydrogens is 264 g/mol. The van der Waals surface area contributed by atoms with Gasteiger partial charge in [-0.15, -0.1) is 10.2 Å². The summed E-state index contributed by atoms with van der Waals surface area (Å²) in [6.07, 6.45) is 0. The molecule has 0 aliphatic rings. The van der Waals surface area contributed by atoms with Gasteiger partial charge in [0.15, 0.2) is 5.16 Å². The molecule has 19 heavy (non-hydrogen) atoms. The fourth-order valence-corrected chi connectivity index (χ4v) is 2.23. The molecule has 0 aliphatic carbocycles. The van der Waals surface area contributed by atoms with Crippen LogP contribution in [0.25, 0.3) is 0 Å². The smallest absolute Gasteiger partial charge is 0.313 e. The van der Waals surface area contributed by atoms with Crippen LogP contribution in [-0.2, 0) is 11.3 Å². The van der Waals surface area contributed by atoms with E-state index < -0.39 is 5.97 Å². The molecule has 1 heterocycles. The summed E-state index contributed by atoms with van der Waals surface area (Å²) < 4.78 is 2.03. The van der Waals surface area contributed by atoms with Crippen molar-refractivity contribution in [3.05, 3.63) is 5.82 Å². The van der Waals surface area contributed by atoms with E-state index in [0.29, 0.717) is 11.2 Å². The minimum absolute atomic E-state index is 0.00652. The third kappa shape index (κ3) is 4.50. The highest BCUT2D eigenvalue weighted by molar-refractivity contribution is 7.99. The van der Waals surface area contributed by atoms with Gasteiger partial charge >= 0.3 is 5.97 Å². The molecule has 0 fully saturated rings. The molecule has 1 atom stereocenters. The molecule has 1 aromatic rings. The second kappa shape index (κ2) is 6.91. The fraction of sp³-hybridized carbons (Fsp3) is 0.750. The minimum atomic E-state index is -0.841. The van der Waals surface area contributed by atoms with Crippen molar-refractivity contribution in [2.45, 2.75) is 44.4 Å². The van der Waals surface area contributed by atoms with Crippen molar-refractivity contribution in [2.24, 2.45) is 0 Å². The number of rotatable bonds is 7. The first kappa shape index (κ1) is 16.0. The van der Waals surface area contributed by atoms with Crippen molar-refractivity contribution in [3.63, 3.8) is 0 Å². The Labute approximate surface area is 118 Å². The average molecular weight is 286 g/mol. The van der Waals surface area contributed by atoms with Crippen molar-refractivity contribution in [3.8, 4) is 0 Å². The molecular formula is C12H22N4O2S. The van der Waals surface area contributed by atoms with Crippen LogP contribution in [0.4, 0.5) is 0 Å². The average Bonchev–Trinajstić information content (AvgIpc) is 2.69. The number of aliphatic carboxylic acids is 1. The lowest BCUT2D eigenvalue weighted by Gasteiger charge is -2.22. The number of thioether (sulfide) groups is 1. The summed E-state index contributed by atoms with van der Waals surface area (Å²) in [4.78, 5) is 12.8. The third-order valence-corrected chi connectivity index (χ3v) is 3.87. The zero-order valence-corrected chi connectivity index (χ0v) is 12.9. The van der Waals surface area contributed by atoms with Gasteiger partial charge in [-0.05, 0) is 21.0 Å². The highest BCUT2D eigenvalue weighted by atomic mass is 32.2. The fourth-order valence-electron chi connectivity index (χ4n) is 1.56. The Bertz CT molecular complexity index is 431. The maximum Gasteiger partial charge on any atom is 0.313 e. The molecule has 0 aliphatic heterocycles. The lowest BCUT2D eigenvalue weighted by atomic mass is 10.2. The Kier molecular flexibility index (Phi) is 5.81. The molecule has 7 heteroatoms. The van der Waals surface area contributed by atoms with Gasteiger partial charge in [-0.25, -0.2) is 0 Å². The topological polar surface area (TPSA) is 71.2 Å². The number of nitrogens with zero attached hydrogens (tertiary/aromatic N) is 4. The second-order valence-corrected chi connectivity index (χ2v) is 6.04. The van der Waals surface area contributed by atoms with Crippen LogP contribution in [0.1, 0.15) is 32.5 Å². The van der Waals surface area contributed by atoms with E-state index in [2.05, 4.69) is 35.9 Å². The molecule has 108 valence electrons. The predicted octanol–water partition coefficient (Wildman–Crippen LogP) is 1.53. The Morgan fingerprint density at radius 1 is 1.37 bits per heavy atom. The first-order chi connectivity index (χ1) is 8.82. The molecule has 1 rings (SSSR count).